The van der Waals surface area contributed by atoms with Crippen molar-refractivity contribution in [3.8, 4) is 11.3 Å². The van der Waals surface area contributed by atoms with Gasteiger partial charge in [-0.15, -0.1) is 10.2 Å². The number of rotatable bonds is 4. The highest BCUT2D eigenvalue weighted by Gasteiger charge is 2.08. The summed E-state index contributed by atoms with van der Waals surface area (Å²) in [6.45, 7) is 2.85. The van der Waals surface area contributed by atoms with Crippen LogP contribution in [0.1, 0.15) is 13.3 Å². The summed E-state index contributed by atoms with van der Waals surface area (Å²) in [4.78, 5) is 0. The first kappa shape index (κ1) is 12.4. The molecule has 0 aliphatic heterocycles. The van der Waals surface area contributed by atoms with Gasteiger partial charge in [-0.05, 0) is 30.7 Å². The van der Waals surface area contributed by atoms with Gasteiger partial charge in [0.05, 0.1) is 5.69 Å². The second-order valence-corrected chi connectivity index (χ2v) is 3.85. The third-order valence-corrected chi connectivity index (χ3v) is 2.43. The van der Waals surface area contributed by atoms with Gasteiger partial charge in [-0.25, -0.2) is 8.78 Å². The van der Waals surface area contributed by atoms with Crippen LogP contribution < -0.4 is 5.32 Å². The molecule has 0 saturated heterocycles. The molecule has 0 aliphatic carbocycles. The first-order valence-corrected chi connectivity index (χ1v) is 5.73. The summed E-state index contributed by atoms with van der Waals surface area (Å²) in [6, 6.07) is 6.76. The zero-order chi connectivity index (χ0) is 13.0. The molecule has 94 valence electrons. The van der Waals surface area contributed by atoms with Crippen molar-refractivity contribution in [1.29, 1.82) is 0 Å². The molecule has 0 unspecified atom stereocenters. The van der Waals surface area contributed by atoms with Crippen LogP contribution in [0.25, 0.3) is 11.3 Å². The molecule has 18 heavy (non-hydrogen) atoms. The molecule has 2 aromatic rings. The molecule has 1 N–H and O–H groups in total. The molecule has 0 radical (unpaired) electrons. The Kier molecular flexibility index (Phi) is 3.82. The zero-order valence-electron chi connectivity index (χ0n) is 9.95. The molecule has 1 aromatic carbocycles. The predicted molar refractivity (Wildman–Crippen MR) is 66.2 cm³/mol. The highest BCUT2D eigenvalue weighted by molar-refractivity contribution is 5.60. The lowest BCUT2D eigenvalue weighted by atomic mass is 10.1. The van der Waals surface area contributed by atoms with E-state index < -0.39 is 11.6 Å². The third-order valence-electron chi connectivity index (χ3n) is 2.43. The maximum absolute atomic E-state index is 13.5. The minimum absolute atomic E-state index is 0.242. The van der Waals surface area contributed by atoms with E-state index in [-0.39, 0.29) is 5.56 Å². The fraction of sp³-hybridized carbons (Fsp3) is 0.231. The maximum atomic E-state index is 13.5. The van der Waals surface area contributed by atoms with Crippen LogP contribution in [-0.2, 0) is 0 Å². The molecule has 2 rings (SSSR count). The number of halogens is 2. The zero-order valence-corrected chi connectivity index (χ0v) is 9.95. The average molecular weight is 249 g/mol. The largest absolute Gasteiger partial charge is 0.369 e. The Bertz CT molecular complexity index is 526. The van der Waals surface area contributed by atoms with Crippen LogP contribution in [0.3, 0.4) is 0 Å². The topological polar surface area (TPSA) is 37.8 Å². The van der Waals surface area contributed by atoms with Gasteiger partial charge in [-0.1, -0.05) is 6.92 Å². The van der Waals surface area contributed by atoms with E-state index in [2.05, 4.69) is 15.5 Å². The minimum atomic E-state index is -0.640. The number of anilines is 1. The van der Waals surface area contributed by atoms with Crippen molar-refractivity contribution >= 4 is 5.82 Å². The van der Waals surface area contributed by atoms with Gasteiger partial charge in [0.15, 0.2) is 0 Å². The molecule has 3 nitrogen and oxygen atoms in total. The minimum Gasteiger partial charge on any atom is -0.369 e. The number of aromatic nitrogens is 2. The van der Waals surface area contributed by atoms with Crippen molar-refractivity contribution < 1.29 is 8.78 Å². The second kappa shape index (κ2) is 5.53. The van der Waals surface area contributed by atoms with Crippen LogP contribution >= 0.6 is 0 Å². The molecule has 1 heterocycles. The Hall–Kier alpha value is -2.04. The fourth-order valence-corrected chi connectivity index (χ4v) is 1.52. The molecule has 0 atom stereocenters. The van der Waals surface area contributed by atoms with Gasteiger partial charge in [-0.2, -0.15) is 0 Å². The van der Waals surface area contributed by atoms with E-state index in [0.717, 1.165) is 19.0 Å². The van der Waals surface area contributed by atoms with E-state index in [1.54, 1.807) is 12.1 Å². The lowest BCUT2D eigenvalue weighted by Gasteiger charge is -2.05. The van der Waals surface area contributed by atoms with Gasteiger partial charge in [0.2, 0.25) is 0 Å². The highest BCUT2D eigenvalue weighted by atomic mass is 19.1. The van der Waals surface area contributed by atoms with Gasteiger partial charge < -0.3 is 5.32 Å². The smallest absolute Gasteiger partial charge is 0.148 e. The van der Waals surface area contributed by atoms with Gasteiger partial charge >= 0.3 is 0 Å². The van der Waals surface area contributed by atoms with Crippen molar-refractivity contribution in [2.75, 3.05) is 11.9 Å². The predicted octanol–water partition coefficient (Wildman–Crippen LogP) is 3.24. The van der Waals surface area contributed by atoms with Crippen LogP contribution in [0.5, 0.6) is 0 Å². The van der Waals surface area contributed by atoms with Crippen LogP contribution in [0.4, 0.5) is 14.6 Å². The van der Waals surface area contributed by atoms with Crippen LogP contribution in [-0.4, -0.2) is 16.7 Å². The van der Waals surface area contributed by atoms with Crippen molar-refractivity contribution in [2.24, 2.45) is 0 Å². The Balaban J connectivity index is 2.23. The lowest BCUT2D eigenvalue weighted by molar-refractivity contribution is 0.585. The Morgan fingerprint density at radius 1 is 1.11 bits per heavy atom. The Morgan fingerprint density at radius 3 is 2.56 bits per heavy atom. The molecule has 1 aromatic heterocycles. The Labute approximate surface area is 104 Å². The molecule has 0 amide bonds. The molecule has 0 saturated carbocycles. The monoisotopic (exact) mass is 249 g/mol. The lowest BCUT2D eigenvalue weighted by Crippen LogP contribution is -2.03. The summed E-state index contributed by atoms with van der Waals surface area (Å²) in [5.74, 6) is -0.605. The fourth-order valence-electron chi connectivity index (χ4n) is 1.52. The van der Waals surface area contributed by atoms with Crippen LogP contribution in [0, 0.1) is 11.6 Å². The molecule has 0 spiro atoms. The van der Waals surface area contributed by atoms with E-state index in [9.17, 15) is 8.78 Å². The van der Waals surface area contributed by atoms with Gasteiger partial charge in [0.25, 0.3) is 0 Å². The number of nitrogens with zero attached hydrogens (tertiary/aromatic N) is 2. The van der Waals surface area contributed by atoms with Gasteiger partial charge in [0, 0.05) is 18.2 Å². The van der Waals surface area contributed by atoms with E-state index >= 15 is 0 Å². The van der Waals surface area contributed by atoms with Crippen molar-refractivity contribution in [3.63, 3.8) is 0 Å². The SMILES string of the molecule is CCCNc1ccc(-c2ccc(F)cc2F)nn1. The van der Waals surface area contributed by atoms with E-state index in [0.29, 0.717) is 11.5 Å². The second-order valence-electron chi connectivity index (χ2n) is 3.85. The number of hydrogen-bond acceptors (Lipinski definition) is 3. The summed E-state index contributed by atoms with van der Waals surface area (Å²) in [6.07, 6.45) is 0.982. The summed E-state index contributed by atoms with van der Waals surface area (Å²) in [7, 11) is 0. The van der Waals surface area contributed by atoms with Gasteiger partial charge in [0.1, 0.15) is 17.5 Å². The first-order valence-electron chi connectivity index (χ1n) is 5.73. The van der Waals surface area contributed by atoms with E-state index in [4.69, 9.17) is 0 Å². The van der Waals surface area contributed by atoms with Crippen LogP contribution in [0.2, 0.25) is 0 Å². The maximum Gasteiger partial charge on any atom is 0.148 e. The molecular formula is C13H13F2N3. The summed E-state index contributed by atoms with van der Waals surface area (Å²) in [5, 5.41) is 10.9. The Morgan fingerprint density at radius 2 is 1.94 bits per heavy atom. The quantitative estimate of drug-likeness (QED) is 0.903. The highest BCUT2D eigenvalue weighted by Crippen LogP contribution is 2.21. The van der Waals surface area contributed by atoms with Crippen LogP contribution in [0.15, 0.2) is 30.3 Å². The van der Waals surface area contributed by atoms with E-state index in [1.165, 1.54) is 12.1 Å². The molecule has 5 heteroatoms. The normalized spacial score (nSPS) is 10.4. The standard InChI is InChI=1S/C13H13F2N3/c1-2-7-16-13-6-5-12(17-18-13)10-4-3-9(14)8-11(10)15/h3-6,8H,2,7H2,1H3,(H,16,18). The van der Waals surface area contributed by atoms with Crippen molar-refractivity contribution in [1.82, 2.24) is 10.2 Å². The van der Waals surface area contributed by atoms with Crippen molar-refractivity contribution in [2.45, 2.75) is 13.3 Å². The molecule has 0 aliphatic rings. The number of benzene rings is 1. The summed E-state index contributed by atoms with van der Waals surface area (Å²) >= 11 is 0. The number of hydrogen-bond donors (Lipinski definition) is 1. The molecule has 0 fully saturated rings. The molecule has 0 bridgehead atoms. The molecular weight excluding hydrogens is 236 g/mol. The summed E-state index contributed by atoms with van der Waals surface area (Å²) < 4.78 is 26.3. The first-order chi connectivity index (χ1) is 8.70. The van der Waals surface area contributed by atoms with E-state index in [1.807, 2.05) is 6.92 Å². The summed E-state index contributed by atoms with van der Waals surface area (Å²) in [5.41, 5.74) is 0.625. The third kappa shape index (κ3) is 2.80. The number of nitrogens with one attached hydrogen (secondary N) is 1. The average Bonchev–Trinajstić information content (AvgIpc) is 2.37. The van der Waals surface area contributed by atoms with Gasteiger partial charge in [-0.3, -0.25) is 0 Å². The van der Waals surface area contributed by atoms with Crippen molar-refractivity contribution in [3.05, 3.63) is 42.0 Å².